The molecule has 0 aliphatic carbocycles. The summed E-state index contributed by atoms with van der Waals surface area (Å²) in [6, 6.07) is 47.1. The van der Waals surface area contributed by atoms with E-state index in [1.807, 2.05) is 84.9 Å². The molecule has 5 aliphatic rings. The van der Waals surface area contributed by atoms with Crippen molar-refractivity contribution in [2.45, 2.75) is 24.4 Å². The molecule has 1 N–H and O–H groups in total. The van der Waals surface area contributed by atoms with E-state index in [1.54, 1.807) is 72.8 Å². The van der Waals surface area contributed by atoms with Crippen LogP contribution >= 0.6 is 24.1 Å². The van der Waals surface area contributed by atoms with Crippen molar-refractivity contribution < 1.29 is 65.4 Å². The van der Waals surface area contributed by atoms with E-state index in [1.165, 1.54) is 4.60 Å². The van der Waals surface area contributed by atoms with Gasteiger partial charge in [-0.1, -0.05) is 0 Å². The second-order valence-electron chi connectivity index (χ2n) is 15.9. The Balaban J connectivity index is 1.16. The number of para-hydroxylation sites is 10. The zero-order valence-electron chi connectivity index (χ0n) is 36.5. The Morgan fingerprint density at radius 1 is 0.456 bits per heavy atom. The molecule has 4 fully saturated rings. The second-order valence-corrected chi connectivity index (χ2v) is 22.5. The van der Waals surface area contributed by atoms with Crippen molar-refractivity contribution in [3.63, 3.8) is 0 Å². The summed E-state index contributed by atoms with van der Waals surface area (Å²) in [5.74, 6) is 3.12. The minimum atomic E-state index is -5.76. The van der Waals surface area contributed by atoms with E-state index in [2.05, 4.69) is 4.86 Å². The van der Waals surface area contributed by atoms with Crippen molar-refractivity contribution in [1.82, 2.24) is 9.46 Å². The number of hydrogen-bond donors (Lipinski definition) is 1. The number of hydrogen-bond acceptors (Lipinski definition) is 17. The standard InChI is InChI=1S/C48H48N3O14P3/c1-3-15-35(16-4-1)60-51-67(61-45-23-11-7-19-41(45)56-31-37-27-52-37,62-46-24-12-8-20-42(46)57-32-38-28-53-38)49-66-50-68(51,63-36-17-5-2-6-18-36,64-47-25-13-9-21-43(47)58-33-39-29-54-39)65-48-26-14-10-22-44(48)59-34-40-30-55-40/h1-26,37-40,50,66H,27-34H2. The molecule has 11 rings (SSSR count). The van der Waals surface area contributed by atoms with Gasteiger partial charge in [0.2, 0.25) is 0 Å². The maximum absolute atomic E-state index is 7.61. The molecular formula is C48H48N3O14P3. The van der Waals surface area contributed by atoms with E-state index in [-0.39, 0.29) is 73.8 Å². The Hall–Kier alpha value is -5.83. The molecular weight excluding hydrogens is 935 g/mol. The average molecular weight is 984 g/mol. The summed E-state index contributed by atoms with van der Waals surface area (Å²) in [4.78, 5) is 10.8. The first-order valence-corrected chi connectivity index (χ1v) is 26.5. The average Bonchev–Trinajstić information content (AvgIpc) is 4.14. The van der Waals surface area contributed by atoms with Crippen LogP contribution in [0.25, 0.3) is 0 Å². The molecule has 6 aromatic rings. The molecule has 5 atom stereocenters. The topological polar surface area (TPSA) is 170 Å². The summed E-state index contributed by atoms with van der Waals surface area (Å²) in [7, 11) is -10.7. The molecule has 0 bridgehead atoms. The Labute approximate surface area is 394 Å². The van der Waals surface area contributed by atoms with Crippen LogP contribution in [0.4, 0.5) is 0 Å². The summed E-state index contributed by atoms with van der Waals surface area (Å²) in [6.45, 7) is 3.42. The van der Waals surface area contributed by atoms with E-state index in [4.69, 9.17) is 69.9 Å². The number of ether oxygens (including phenoxy) is 8. The first-order chi connectivity index (χ1) is 33.5. The van der Waals surface area contributed by atoms with Crippen molar-refractivity contribution in [2.75, 3.05) is 52.9 Å². The van der Waals surface area contributed by atoms with Gasteiger partial charge in [-0.25, -0.2) is 0 Å². The Morgan fingerprint density at radius 2 is 0.794 bits per heavy atom. The SMILES string of the molecule is c1ccc(ON2P(Oc3ccccc3OCC3CO3)(Oc3ccccc3OCC3CO3)=NPNP2(Oc2ccccc2)(Oc2ccccc2OCC2CO2)Oc2ccccc2OCC2CO2)cc1. The van der Waals surface area contributed by atoms with Crippen LogP contribution < -0.4 is 51.3 Å². The fourth-order valence-corrected chi connectivity index (χ4v) is 16.1. The van der Waals surface area contributed by atoms with E-state index in [9.17, 15) is 0 Å². The van der Waals surface area contributed by atoms with E-state index in [0.29, 0.717) is 60.9 Å². The van der Waals surface area contributed by atoms with Crippen molar-refractivity contribution in [3.8, 4) is 57.5 Å². The molecule has 17 nitrogen and oxygen atoms in total. The number of epoxide rings is 4. The van der Waals surface area contributed by atoms with Crippen LogP contribution in [0.2, 0.25) is 0 Å². The Kier molecular flexibility index (Phi) is 12.9. The van der Waals surface area contributed by atoms with Crippen LogP contribution in [0.3, 0.4) is 0 Å². The predicted octanol–water partition coefficient (Wildman–Crippen LogP) is 9.97. The van der Waals surface area contributed by atoms with Crippen molar-refractivity contribution in [2.24, 2.45) is 4.52 Å². The first-order valence-electron chi connectivity index (χ1n) is 22.1. The van der Waals surface area contributed by atoms with Gasteiger partial charge in [-0.15, -0.1) is 0 Å². The Morgan fingerprint density at radius 3 is 1.19 bits per heavy atom. The third-order valence-electron chi connectivity index (χ3n) is 10.5. The molecule has 6 aromatic carbocycles. The van der Waals surface area contributed by atoms with Gasteiger partial charge in [0, 0.05) is 0 Å². The van der Waals surface area contributed by atoms with Gasteiger partial charge in [0.15, 0.2) is 0 Å². The summed E-state index contributed by atoms with van der Waals surface area (Å²) >= 11 is 0. The molecule has 5 aliphatic heterocycles. The van der Waals surface area contributed by atoms with Crippen LogP contribution in [0, 0.1) is 0 Å². The zero-order valence-corrected chi connectivity index (χ0v) is 39.3. The van der Waals surface area contributed by atoms with Crippen molar-refractivity contribution in [3.05, 3.63) is 158 Å². The number of benzene rings is 6. The molecule has 0 saturated carbocycles. The molecule has 354 valence electrons. The van der Waals surface area contributed by atoms with Gasteiger partial charge in [0.25, 0.3) is 0 Å². The molecule has 5 unspecified atom stereocenters. The quantitative estimate of drug-likeness (QED) is 0.0449. The first kappa shape index (κ1) is 44.7. The fourth-order valence-electron chi connectivity index (χ4n) is 6.74. The van der Waals surface area contributed by atoms with Crippen LogP contribution in [-0.4, -0.2) is 81.9 Å². The van der Waals surface area contributed by atoms with Gasteiger partial charge < -0.3 is 0 Å². The van der Waals surface area contributed by atoms with E-state index >= 15 is 0 Å². The monoisotopic (exact) mass is 983 g/mol. The Bertz CT molecular complexity index is 2600. The minimum absolute atomic E-state index is 0.0584. The summed E-state index contributed by atoms with van der Waals surface area (Å²) < 4.78 is 91.9. The summed E-state index contributed by atoms with van der Waals surface area (Å²) in [6.07, 6.45) is -0.269. The fraction of sp³-hybridized carbons (Fsp3) is 0.250. The van der Waals surface area contributed by atoms with Gasteiger partial charge in [-0.2, -0.15) is 0 Å². The van der Waals surface area contributed by atoms with Gasteiger partial charge >= 0.3 is 396 Å². The molecule has 0 aromatic heterocycles. The number of nitrogens with one attached hydrogen (secondary N) is 1. The molecule has 0 amide bonds. The van der Waals surface area contributed by atoms with Crippen LogP contribution in [0.15, 0.2) is 162 Å². The third-order valence-corrected chi connectivity index (χ3v) is 19.1. The molecule has 5 heterocycles. The predicted molar refractivity (Wildman–Crippen MR) is 253 cm³/mol. The summed E-state index contributed by atoms with van der Waals surface area (Å²) in [5, 5.41) is 0. The van der Waals surface area contributed by atoms with Crippen molar-refractivity contribution in [1.29, 1.82) is 0 Å². The van der Waals surface area contributed by atoms with Crippen LogP contribution in [0.1, 0.15) is 0 Å². The maximum atomic E-state index is 7.61. The molecule has 20 heteroatoms. The number of rotatable bonds is 24. The second kappa shape index (κ2) is 19.6. The third kappa shape index (κ3) is 10.6. The molecule has 68 heavy (non-hydrogen) atoms. The summed E-state index contributed by atoms with van der Waals surface area (Å²) in [5.41, 5.74) is 0. The molecule has 0 radical (unpaired) electrons. The normalized spacial score (nSPS) is 24.6. The van der Waals surface area contributed by atoms with Crippen LogP contribution in [-0.2, 0) is 18.9 Å². The van der Waals surface area contributed by atoms with E-state index in [0.717, 1.165) is 0 Å². The number of nitrogens with zero attached hydrogens (tertiary/aromatic N) is 2. The van der Waals surface area contributed by atoms with Crippen LogP contribution in [0.5, 0.6) is 57.5 Å². The van der Waals surface area contributed by atoms with E-state index < -0.39 is 24.1 Å². The van der Waals surface area contributed by atoms with Gasteiger partial charge in [-0.3, -0.25) is 0 Å². The van der Waals surface area contributed by atoms with Gasteiger partial charge in [0.1, 0.15) is 0 Å². The van der Waals surface area contributed by atoms with Gasteiger partial charge in [-0.05, 0) is 0 Å². The molecule has 4 saturated heterocycles. The zero-order chi connectivity index (χ0) is 45.7. The van der Waals surface area contributed by atoms with Crippen molar-refractivity contribution >= 4 is 24.1 Å². The van der Waals surface area contributed by atoms with Gasteiger partial charge in [0.05, 0.1) is 0 Å². The molecule has 0 spiro atoms.